The lowest BCUT2D eigenvalue weighted by Crippen LogP contribution is -2.55. The maximum Gasteiger partial charge on any atom is 0.430 e. The van der Waals surface area contributed by atoms with Crippen molar-refractivity contribution < 1.29 is 41.7 Å². The molecule has 0 amide bonds. The van der Waals surface area contributed by atoms with Gasteiger partial charge in [0.25, 0.3) is 5.60 Å². The molecule has 0 bridgehead atoms. The number of aryl methyl sites for hydroxylation is 2. The molecule has 1 aromatic carbocycles. The number of hydrogen-bond acceptors (Lipinski definition) is 4. The smallest absolute Gasteiger partial charge is 0.392 e. The first-order chi connectivity index (χ1) is 15.4. The van der Waals surface area contributed by atoms with Crippen LogP contribution in [-0.4, -0.2) is 33.3 Å². The minimum Gasteiger partial charge on any atom is -0.392 e. The number of allylic oxidation sites excluding steroid dienone is 3. The van der Waals surface area contributed by atoms with Crippen molar-refractivity contribution in [2.45, 2.75) is 57.4 Å². The number of aliphatic hydroxyl groups is 3. The van der Waals surface area contributed by atoms with Crippen molar-refractivity contribution in [3.8, 4) is 0 Å². The molecule has 3 N–H and O–H groups in total. The van der Waals surface area contributed by atoms with Gasteiger partial charge in [-0.2, -0.15) is 26.3 Å². The minimum atomic E-state index is -5.90. The Morgan fingerprint density at radius 3 is 2.06 bits per heavy atom. The molecular weight excluding hydrogens is 470 g/mol. The van der Waals surface area contributed by atoms with Gasteiger partial charge in [-0.1, -0.05) is 37.3 Å². The third-order valence-electron chi connectivity index (χ3n) is 5.16. The van der Waals surface area contributed by atoms with Gasteiger partial charge in [0.1, 0.15) is 0 Å². The van der Waals surface area contributed by atoms with Gasteiger partial charge in [0, 0.05) is 4.88 Å². The first-order valence-corrected chi connectivity index (χ1v) is 10.9. The number of hydrogen-bond donors (Lipinski definition) is 3. The molecule has 1 aromatic heterocycles. The van der Waals surface area contributed by atoms with Crippen LogP contribution in [-0.2, 0) is 26.1 Å². The van der Waals surface area contributed by atoms with Gasteiger partial charge < -0.3 is 15.3 Å². The first-order valence-electron chi connectivity index (χ1n) is 10.0. The van der Waals surface area contributed by atoms with E-state index in [1.165, 1.54) is 11.3 Å². The second-order valence-corrected chi connectivity index (χ2v) is 8.32. The van der Waals surface area contributed by atoms with E-state index < -0.39 is 18.0 Å². The lowest BCUT2D eigenvalue weighted by molar-refractivity contribution is -0.347. The second kappa shape index (κ2) is 10.9. The van der Waals surface area contributed by atoms with Crippen molar-refractivity contribution in [2.24, 2.45) is 0 Å². The van der Waals surface area contributed by atoms with Crippen LogP contribution in [0.3, 0.4) is 0 Å². The number of aliphatic hydroxyl groups excluding tert-OH is 2. The Labute approximate surface area is 191 Å². The number of rotatable bonds is 9. The number of thiophene rings is 1. The predicted molar refractivity (Wildman–Crippen MR) is 114 cm³/mol. The van der Waals surface area contributed by atoms with Gasteiger partial charge in [-0.05, 0) is 64.6 Å². The molecule has 3 nitrogen and oxygen atoms in total. The van der Waals surface area contributed by atoms with Crippen molar-refractivity contribution in [3.63, 3.8) is 0 Å². The van der Waals surface area contributed by atoms with Crippen LogP contribution in [0.1, 0.15) is 40.5 Å². The summed E-state index contributed by atoms with van der Waals surface area (Å²) in [5.74, 6) is 0. The van der Waals surface area contributed by atoms with E-state index in [1.54, 1.807) is 13.0 Å². The molecule has 0 spiro atoms. The van der Waals surface area contributed by atoms with E-state index in [1.807, 2.05) is 23.6 Å². The van der Waals surface area contributed by atoms with Gasteiger partial charge >= 0.3 is 12.4 Å². The molecule has 33 heavy (non-hydrogen) atoms. The predicted octanol–water partition coefficient (Wildman–Crippen LogP) is 5.72. The normalized spacial score (nSPS) is 13.8. The molecule has 0 saturated heterocycles. The minimum absolute atomic E-state index is 0.173. The van der Waals surface area contributed by atoms with E-state index in [0.29, 0.717) is 46.9 Å². The van der Waals surface area contributed by atoms with E-state index >= 15 is 0 Å². The van der Waals surface area contributed by atoms with Gasteiger partial charge in [-0.3, -0.25) is 0 Å². The molecule has 0 radical (unpaired) electrons. The number of alkyl halides is 6. The molecule has 0 aliphatic rings. The van der Waals surface area contributed by atoms with Gasteiger partial charge in [-0.15, -0.1) is 11.3 Å². The fourth-order valence-corrected chi connectivity index (χ4v) is 4.17. The molecule has 0 fully saturated rings. The fourth-order valence-electron chi connectivity index (χ4n) is 3.13. The highest BCUT2D eigenvalue weighted by molar-refractivity contribution is 7.11. The van der Waals surface area contributed by atoms with Crippen molar-refractivity contribution in [1.82, 2.24) is 0 Å². The Morgan fingerprint density at radius 2 is 1.52 bits per heavy atom. The maximum atomic E-state index is 12.8. The van der Waals surface area contributed by atoms with E-state index in [4.69, 9.17) is 0 Å². The summed E-state index contributed by atoms with van der Waals surface area (Å²) in [5, 5.41) is 29.7. The lowest BCUT2D eigenvalue weighted by atomic mass is 10.00. The third-order valence-corrected chi connectivity index (χ3v) is 6.22. The Kier molecular flexibility index (Phi) is 8.92. The van der Waals surface area contributed by atoms with E-state index in [2.05, 4.69) is 0 Å². The summed E-state index contributed by atoms with van der Waals surface area (Å²) >= 11 is 1.32. The highest BCUT2D eigenvalue weighted by Crippen LogP contribution is 2.44. The largest absolute Gasteiger partial charge is 0.430 e. The topological polar surface area (TPSA) is 60.7 Å². The summed E-state index contributed by atoms with van der Waals surface area (Å²) in [7, 11) is 0. The monoisotopic (exact) mass is 494 g/mol. The SMILES string of the molecule is CC/C(=C\C=C\C(O)(C(F)(F)F)C(F)(F)F)c1cc(CCc2ccc(CO)c(CO)c2)cs1. The molecular formula is C23H24F6O3S. The van der Waals surface area contributed by atoms with E-state index in [-0.39, 0.29) is 19.3 Å². The van der Waals surface area contributed by atoms with Crippen molar-refractivity contribution >= 4 is 16.9 Å². The molecule has 0 unspecified atom stereocenters. The van der Waals surface area contributed by atoms with Gasteiger partial charge in [0.05, 0.1) is 13.2 Å². The molecule has 0 aliphatic carbocycles. The maximum absolute atomic E-state index is 12.8. The molecule has 2 rings (SSSR count). The molecule has 0 saturated carbocycles. The van der Waals surface area contributed by atoms with Gasteiger partial charge in [-0.25, -0.2) is 0 Å². The Hall–Kier alpha value is -2.14. The summed E-state index contributed by atoms with van der Waals surface area (Å²) in [4.78, 5) is 0.700. The van der Waals surface area contributed by atoms with Crippen molar-refractivity contribution in [1.29, 1.82) is 0 Å². The summed E-state index contributed by atoms with van der Waals surface area (Å²) in [6, 6.07) is 7.22. The van der Waals surface area contributed by atoms with Crippen LogP contribution < -0.4 is 0 Å². The van der Waals surface area contributed by atoms with Crippen LogP contribution >= 0.6 is 11.3 Å². The van der Waals surface area contributed by atoms with Crippen LogP contribution in [0.15, 0.2) is 47.9 Å². The highest BCUT2D eigenvalue weighted by Gasteiger charge is 2.68. The average molecular weight is 494 g/mol. The molecule has 0 atom stereocenters. The highest BCUT2D eigenvalue weighted by atomic mass is 32.1. The van der Waals surface area contributed by atoms with Crippen LogP contribution in [0.2, 0.25) is 0 Å². The zero-order valence-corrected chi connectivity index (χ0v) is 18.5. The lowest BCUT2D eigenvalue weighted by Gasteiger charge is -2.29. The van der Waals surface area contributed by atoms with Crippen molar-refractivity contribution in [2.75, 3.05) is 0 Å². The van der Waals surface area contributed by atoms with E-state index in [0.717, 1.165) is 17.2 Å². The third kappa shape index (κ3) is 6.47. The van der Waals surface area contributed by atoms with Crippen LogP contribution in [0.5, 0.6) is 0 Å². The van der Waals surface area contributed by atoms with Gasteiger partial charge in [0.15, 0.2) is 0 Å². The Morgan fingerprint density at radius 1 is 0.909 bits per heavy atom. The van der Waals surface area contributed by atoms with E-state index in [9.17, 15) is 41.7 Å². The molecule has 2 aromatic rings. The molecule has 1 heterocycles. The van der Waals surface area contributed by atoms with Crippen LogP contribution in [0.4, 0.5) is 26.3 Å². The fraction of sp³-hybridized carbons (Fsp3) is 0.391. The Balaban J connectivity index is 2.15. The number of benzene rings is 1. The summed E-state index contributed by atoms with van der Waals surface area (Å²) < 4.78 is 76.7. The quantitative estimate of drug-likeness (QED) is 0.309. The standard InChI is InChI=1S/C23H24F6O3S/c1-2-17(4-3-9-21(32,22(24,25)26)23(27,28)29)20-11-16(14-33-20)6-5-15-7-8-18(12-30)19(10-15)13-31/h3-4,7-11,14,30-32H,2,5-6,12-13H2,1H3/b9-3+,17-4+. The molecule has 182 valence electrons. The summed E-state index contributed by atoms with van der Waals surface area (Å²) in [6.45, 7) is 1.36. The first kappa shape index (κ1) is 27.1. The number of halogens is 6. The summed E-state index contributed by atoms with van der Waals surface area (Å²) in [6.07, 6.45) is -8.72. The van der Waals surface area contributed by atoms with Crippen LogP contribution in [0, 0.1) is 0 Å². The zero-order chi connectivity index (χ0) is 24.9. The van der Waals surface area contributed by atoms with Crippen LogP contribution in [0.25, 0.3) is 5.57 Å². The molecule has 0 aliphatic heterocycles. The van der Waals surface area contributed by atoms with Crippen molar-refractivity contribution in [3.05, 3.63) is 75.0 Å². The van der Waals surface area contributed by atoms with Gasteiger partial charge in [0.2, 0.25) is 0 Å². The zero-order valence-electron chi connectivity index (χ0n) is 17.7. The summed E-state index contributed by atoms with van der Waals surface area (Å²) in [5.41, 5.74) is -1.21. The molecule has 10 heteroatoms. The average Bonchev–Trinajstić information content (AvgIpc) is 3.22. The second-order valence-electron chi connectivity index (χ2n) is 7.40. The Bertz CT molecular complexity index is 975.